The van der Waals surface area contributed by atoms with Gasteiger partial charge in [0, 0.05) is 42.0 Å². The average Bonchev–Trinajstić information content (AvgIpc) is 3.13. The lowest BCUT2D eigenvalue weighted by molar-refractivity contribution is -0.118. The van der Waals surface area contributed by atoms with Crippen molar-refractivity contribution in [1.82, 2.24) is 15.0 Å². The lowest BCUT2D eigenvalue weighted by Crippen LogP contribution is -2.22. The molecule has 0 atom stereocenters. The van der Waals surface area contributed by atoms with E-state index in [9.17, 15) is 9.18 Å². The summed E-state index contributed by atoms with van der Waals surface area (Å²) in [5.74, 6) is -0.679. The summed E-state index contributed by atoms with van der Waals surface area (Å²) >= 11 is 0. The number of amidine groups is 1. The second-order valence-corrected chi connectivity index (χ2v) is 5.35. The summed E-state index contributed by atoms with van der Waals surface area (Å²) < 4.78 is 16.3. The van der Waals surface area contributed by atoms with E-state index in [1.165, 1.54) is 13.0 Å². The number of nitrogens with zero attached hydrogens (tertiary/aromatic N) is 3. The molecule has 0 saturated carbocycles. The zero-order valence-electron chi connectivity index (χ0n) is 17.0. The molecule has 0 saturated heterocycles. The molecule has 0 spiro atoms. The van der Waals surface area contributed by atoms with Crippen LogP contribution in [0.3, 0.4) is 0 Å². The van der Waals surface area contributed by atoms with Crippen molar-refractivity contribution >= 4 is 22.6 Å². The fraction of sp³-hybridized carbons (Fsp3) is 0.286. The predicted octanol–water partition coefficient (Wildman–Crippen LogP) is 4.03. The molecular weight excluding hydrogens is 357 g/mol. The number of nitrogens with two attached hydrogens (primary N) is 1. The van der Waals surface area contributed by atoms with Gasteiger partial charge in [0.05, 0.1) is 12.1 Å². The average molecular weight is 385 g/mol. The summed E-state index contributed by atoms with van der Waals surface area (Å²) in [6.07, 6.45) is 5.37. The molecule has 150 valence electrons. The number of rotatable bonds is 4. The van der Waals surface area contributed by atoms with E-state index in [2.05, 4.69) is 15.5 Å². The monoisotopic (exact) mass is 385 g/mol. The third kappa shape index (κ3) is 5.90. The number of carbonyl (C=O) groups is 1. The van der Waals surface area contributed by atoms with Crippen LogP contribution >= 0.6 is 0 Å². The Kier molecular flexibility index (Phi) is 9.36. The van der Waals surface area contributed by atoms with Gasteiger partial charge in [0.2, 0.25) is 5.91 Å². The van der Waals surface area contributed by atoms with Gasteiger partial charge in [-0.05, 0) is 18.2 Å². The molecule has 3 aromatic rings. The van der Waals surface area contributed by atoms with Gasteiger partial charge in [0.15, 0.2) is 5.84 Å². The van der Waals surface area contributed by atoms with E-state index in [1.807, 2.05) is 50.6 Å². The number of nitrogens with one attached hydrogen (secondary N) is 1. The third-order valence-corrected chi connectivity index (χ3v) is 3.59. The van der Waals surface area contributed by atoms with Gasteiger partial charge in [0.25, 0.3) is 0 Å². The number of hydrogen-bond donors (Lipinski definition) is 2. The minimum atomic E-state index is -0.385. The number of pyridine rings is 1. The summed E-state index contributed by atoms with van der Waals surface area (Å²) in [6.45, 7) is 9.71. The first-order valence-electron chi connectivity index (χ1n) is 9.32. The topological polar surface area (TPSA) is 85.3 Å². The Hall–Kier alpha value is -3.22. The first-order chi connectivity index (χ1) is 13.5. The van der Waals surface area contributed by atoms with Crippen LogP contribution in [-0.4, -0.2) is 21.3 Å². The Bertz CT molecular complexity index is 933. The Morgan fingerprint density at radius 1 is 1.21 bits per heavy atom. The summed E-state index contributed by atoms with van der Waals surface area (Å²) in [7, 11) is 0. The number of aromatic nitrogens is 2. The van der Waals surface area contributed by atoms with Crippen molar-refractivity contribution < 1.29 is 9.18 Å². The van der Waals surface area contributed by atoms with Crippen LogP contribution in [0.25, 0.3) is 10.9 Å². The molecular formula is C21H28FN5O. The number of benzene rings is 1. The van der Waals surface area contributed by atoms with Crippen molar-refractivity contribution in [2.24, 2.45) is 10.8 Å². The largest absolute Gasteiger partial charge is 0.382 e. The highest BCUT2D eigenvalue weighted by Gasteiger charge is 2.09. The number of hydrogen-bond acceptors (Lipinski definition) is 3. The van der Waals surface area contributed by atoms with E-state index in [0.717, 1.165) is 10.9 Å². The molecule has 0 aliphatic carbocycles. The number of amides is 1. The zero-order chi connectivity index (χ0) is 21.1. The normalized spacial score (nSPS) is 10.4. The van der Waals surface area contributed by atoms with Crippen LogP contribution in [0.15, 0.2) is 54.0 Å². The maximum Gasteiger partial charge on any atom is 0.237 e. The number of carbonyl (C=O) groups excluding carboxylic acids is 1. The zero-order valence-corrected chi connectivity index (χ0v) is 17.0. The van der Waals surface area contributed by atoms with Crippen molar-refractivity contribution in [3.8, 4) is 0 Å². The molecule has 0 fully saturated rings. The molecule has 0 aliphatic heterocycles. The van der Waals surface area contributed by atoms with Gasteiger partial charge >= 0.3 is 0 Å². The molecule has 7 heteroatoms. The minimum Gasteiger partial charge on any atom is -0.382 e. The maximum atomic E-state index is 14.4. The third-order valence-electron chi connectivity index (χ3n) is 3.59. The van der Waals surface area contributed by atoms with Gasteiger partial charge in [-0.1, -0.05) is 39.8 Å². The van der Waals surface area contributed by atoms with Crippen LogP contribution < -0.4 is 11.2 Å². The van der Waals surface area contributed by atoms with Crippen LogP contribution in [0.4, 0.5) is 4.39 Å². The van der Waals surface area contributed by atoms with E-state index < -0.39 is 0 Å². The highest BCUT2D eigenvalue weighted by molar-refractivity contribution is 5.98. The fourth-order valence-electron chi connectivity index (χ4n) is 2.40. The van der Waals surface area contributed by atoms with E-state index >= 15 is 0 Å². The van der Waals surface area contributed by atoms with Gasteiger partial charge in [-0.2, -0.15) is 5.10 Å². The summed E-state index contributed by atoms with van der Waals surface area (Å²) in [5, 5.41) is 4.70. The SMILES string of the molecule is CC.CC.CC(=O)N/N=C(\N)c1ccc(Cn2ccc3cnccc32)c(F)c1. The van der Waals surface area contributed by atoms with Crippen molar-refractivity contribution in [2.45, 2.75) is 41.2 Å². The Morgan fingerprint density at radius 3 is 2.57 bits per heavy atom. The summed E-state index contributed by atoms with van der Waals surface area (Å²) in [5.41, 5.74) is 9.88. The molecule has 0 radical (unpaired) electrons. The highest BCUT2D eigenvalue weighted by Crippen LogP contribution is 2.18. The van der Waals surface area contributed by atoms with Crippen LogP contribution in [0, 0.1) is 5.82 Å². The summed E-state index contributed by atoms with van der Waals surface area (Å²) in [4.78, 5) is 14.9. The number of halogens is 1. The van der Waals surface area contributed by atoms with E-state index in [4.69, 9.17) is 5.73 Å². The van der Waals surface area contributed by atoms with E-state index in [0.29, 0.717) is 17.7 Å². The van der Waals surface area contributed by atoms with Crippen molar-refractivity contribution in [3.63, 3.8) is 0 Å². The molecule has 1 aromatic carbocycles. The second kappa shape index (κ2) is 11.5. The molecule has 2 heterocycles. The van der Waals surface area contributed by atoms with Crippen molar-refractivity contribution in [2.75, 3.05) is 0 Å². The molecule has 3 rings (SSSR count). The quantitative estimate of drug-likeness (QED) is 0.404. The molecule has 0 unspecified atom stereocenters. The molecule has 0 aliphatic rings. The first-order valence-corrected chi connectivity index (χ1v) is 9.32. The molecule has 2 aromatic heterocycles. The Balaban J connectivity index is 0.000000921. The van der Waals surface area contributed by atoms with Crippen molar-refractivity contribution in [1.29, 1.82) is 0 Å². The Labute approximate surface area is 165 Å². The second-order valence-electron chi connectivity index (χ2n) is 5.35. The van der Waals surface area contributed by atoms with Crippen LogP contribution in [0.5, 0.6) is 0 Å². The van der Waals surface area contributed by atoms with Gasteiger partial charge in [0.1, 0.15) is 5.82 Å². The van der Waals surface area contributed by atoms with E-state index in [-0.39, 0.29) is 17.6 Å². The smallest absolute Gasteiger partial charge is 0.237 e. The molecule has 1 amide bonds. The van der Waals surface area contributed by atoms with Gasteiger partial charge < -0.3 is 10.3 Å². The molecule has 6 nitrogen and oxygen atoms in total. The minimum absolute atomic E-state index is 0.0492. The maximum absolute atomic E-state index is 14.4. The van der Waals surface area contributed by atoms with Gasteiger partial charge in [-0.3, -0.25) is 9.78 Å². The van der Waals surface area contributed by atoms with Crippen LogP contribution in [0.2, 0.25) is 0 Å². The highest BCUT2D eigenvalue weighted by atomic mass is 19.1. The predicted molar refractivity (Wildman–Crippen MR) is 112 cm³/mol. The summed E-state index contributed by atoms with van der Waals surface area (Å²) in [6, 6.07) is 8.47. The van der Waals surface area contributed by atoms with Crippen LogP contribution in [-0.2, 0) is 11.3 Å². The standard InChI is InChI=1S/C17H16FN5O.2C2H6/c1-11(24)21-22-17(19)12-2-3-14(15(18)8-12)10-23-7-5-13-9-20-6-4-16(13)23;2*1-2/h2-9H,10H2,1H3,(H2,19,22)(H,21,24);2*1-2H3. The van der Waals surface area contributed by atoms with Gasteiger partial charge in [-0.15, -0.1) is 0 Å². The van der Waals surface area contributed by atoms with Crippen LogP contribution in [0.1, 0.15) is 45.7 Å². The number of fused-ring (bicyclic) bond motifs is 1. The Morgan fingerprint density at radius 2 is 1.93 bits per heavy atom. The fourth-order valence-corrected chi connectivity index (χ4v) is 2.40. The molecule has 0 bridgehead atoms. The molecule has 28 heavy (non-hydrogen) atoms. The van der Waals surface area contributed by atoms with Gasteiger partial charge in [-0.25, -0.2) is 9.82 Å². The first kappa shape index (κ1) is 22.8. The number of hydrazone groups is 1. The van der Waals surface area contributed by atoms with E-state index in [1.54, 1.807) is 24.5 Å². The molecule has 3 N–H and O–H groups in total. The lowest BCUT2D eigenvalue weighted by Gasteiger charge is -2.09. The van der Waals surface area contributed by atoms with Crippen molar-refractivity contribution in [3.05, 3.63) is 65.9 Å². The lowest BCUT2D eigenvalue weighted by atomic mass is 10.1.